The van der Waals surface area contributed by atoms with Crippen molar-refractivity contribution in [2.24, 2.45) is 0 Å². The van der Waals surface area contributed by atoms with Crippen LogP contribution in [0.2, 0.25) is 0 Å². The van der Waals surface area contributed by atoms with E-state index >= 15 is 0 Å². The van der Waals surface area contributed by atoms with E-state index in [2.05, 4.69) is 51.6 Å². The van der Waals surface area contributed by atoms with Gasteiger partial charge in [-0.25, -0.2) is 4.98 Å². The summed E-state index contributed by atoms with van der Waals surface area (Å²) in [5.74, 6) is 3.07. The Balaban J connectivity index is 1.53. The molecule has 2 atom stereocenters. The Kier molecular flexibility index (Phi) is 4.26. The predicted molar refractivity (Wildman–Crippen MR) is 97.2 cm³/mol. The van der Waals surface area contributed by atoms with Gasteiger partial charge in [0, 0.05) is 23.7 Å². The van der Waals surface area contributed by atoms with Crippen molar-refractivity contribution >= 4 is 11.6 Å². The third kappa shape index (κ3) is 3.29. The molecule has 4 rings (SSSR count). The molecule has 1 aliphatic carbocycles. The second kappa shape index (κ2) is 6.70. The molecule has 0 bridgehead atoms. The molecule has 1 aliphatic rings. The summed E-state index contributed by atoms with van der Waals surface area (Å²) in [6.07, 6.45) is 4.67. The Morgan fingerprint density at radius 2 is 2.20 bits per heavy atom. The molecule has 2 aromatic heterocycles. The first kappa shape index (κ1) is 15.9. The Bertz CT molecular complexity index is 875. The van der Waals surface area contributed by atoms with E-state index in [1.165, 1.54) is 5.56 Å². The highest BCUT2D eigenvalue weighted by molar-refractivity contribution is 5.49. The number of hydrogen-bond acceptors (Lipinski definition) is 5. The van der Waals surface area contributed by atoms with Gasteiger partial charge in [-0.15, -0.1) is 0 Å². The van der Waals surface area contributed by atoms with Crippen molar-refractivity contribution in [1.29, 1.82) is 0 Å². The third-order valence-electron chi connectivity index (χ3n) is 4.53. The molecule has 25 heavy (non-hydrogen) atoms. The Morgan fingerprint density at radius 1 is 1.28 bits per heavy atom. The monoisotopic (exact) mass is 337 g/mol. The van der Waals surface area contributed by atoms with Crippen LogP contribution >= 0.6 is 0 Å². The Labute approximate surface area is 147 Å². The van der Waals surface area contributed by atoms with Crippen LogP contribution in [0.1, 0.15) is 43.9 Å². The molecular weight excluding hydrogens is 314 g/mol. The number of anilines is 1. The maximum atomic E-state index is 5.62. The summed E-state index contributed by atoms with van der Waals surface area (Å²) in [6, 6.07) is 10.9. The fraction of sp³-hybridized carbons (Fsp3) is 0.421. The smallest absolute Gasteiger partial charge is 0.254 e. The zero-order valence-electron chi connectivity index (χ0n) is 14.6. The van der Waals surface area contributed by atoms with E-state index in [-0.39, 0.29) is 0 Å². The molecule has 3 aromatic rings. The van der Waals surface area contributed by atoms with Gasteiger partial charge >= 0.3 is 0 Å². The van der Waals surface area contributed by atoms with Crippen molar-refractivity contribution in [3.63, 3.8) is 0 Å². The first-order valence-electron chi connectivity index (χ1n) is 8.97. The van der Waals surface area contributed by atoms with E-state index in [1.807, 2.05) is 13.0 Å². The molecule has 1 N–H and O–H groups in total. The van der Waals surface area contributed by atoms with Crippen LogP contribution in [0.3, 0.4) is 0 Å². The first-order chi connectivity index (χ1) is 12.3. The van der Waals surface area contributed by atoms with Gasteiger partial charge in [-0.3, -0.25) is 0 Å². The minimum atomic E-state index is 0.404. The fourth-order valence-corrected chi connectivity index (χ4v) is 3.26. The quantitative estimate of drug-likeness (QED) is 0.715. The molecular formula is C19H23N5O. The van der Waals surface area contributed by atoms with Crippen LogP contribution in [0, 0.1) is 0 Å². The lowest BCUT2D eigenvalue weighted by molar-refractivity contribution is 0.340. The highest BCUT2D eigenvalue weighted by Gasteiger charge is 2.39. The van der Waals surface area contributed by atoms with E-state index in [0.717, 1.165) is 36.5 Å². The molecule has 1 saturated carbocycles. The van der Waals surface area contributed by atoms with Gasteiger partial charge in [-0.2, -0.15) is 14.6 Å². The highest BCUT2D eigenvalue weighted by atomic mass is 16.5. The van der Waals surface area contributed by atoms with Crippen LogP contribution in [0.15, 0.2) is 36.7 Å². The zero-order chi connectivity index (χ0) is 17.2. The van der Waals surface area contributed by atoms with Gasteiger partial charge in [0.1, 0.15) is 17.9 Å². The number of ether oxygens (including phenoxy) is 1. The molecule has 0 amide bonds. The van der Waals surface area contributed by atoms with Crippen molar-refractivity contribution in [3.05, 3.63) is 47.9 Å². The molecule has 6 nitrogen and oxygen atoms in total. The third-order valence-corrected chi connectivity index (χ3v) is 4.53. The standard InChI is InChI=1S/C19H23N5O/c1-3-6-14-10-18(24-19(22-14)20-12-21-24)23-17-11-16(17)13-7-5-8-15(9-13)25-4-2/h5,7-10,12,16-17,23H,3-4,6,11H2,1-2H3/t16-,17+/m1/s1. The van der Waals surface area contributed by atoms with Crippen molar-refractivity contribution < 1.29 is 4.74 Å². The fourth-order valence-electron chi connectivity index (χ4n) is 3.26. The predicted octanol–water partition coefficient (Wildman–Crippen LogP) is 3.44. The molecule has 2 heterocycles. The molecule has 1 fully saturated rings. The van der Waals surface area contributed by atoms with E-state index < -0.39 is 0 Å². The number of aromatic nitrogens is 4. The summed E-state index contributed by atoms with van der Waals surface area (Å²) >= 11 is 0. The number of hydrogen-bond donors (Lipinski definition) is 1. The van der Waals surface area contributed by atoms with Crippen LogP contribution in [-0.2, 0) is 6.42 Å². The summed E-state index contributed by atoms with van der Waals surface area (Å²) in [4.78, 5) is 8.80. The van der Waals surface area contributed by atoms with Gasteiger partial charge < -0.3 is 10.1 Å². The molecule has 0 radical (unpaired) electrons. The van der Waals surface area contributed by atoms with E-state index in [4.69, 9.17) is 4.74 Å². The summed E-state index contributed by atoms with van der Waals surface area (Å²) in [7, 11) is 0. The number of fused-ring (bicyclic) bond motifs is 1. The van der Waals surface area contributed by atoms with E-state index in [1.54, 1.807) is 10.8 Å². The lowest BCUT2D eigenvalue weighted by atomic mass is 10.1. The Morgan fingerprint density at radius 3 is 3.04 bits per heavy atom. The van der Waals surface area contributed by atoms with Crippen LogP contribution < -0.4 is 10.1 Å². The molecule has 130 valence electrons. The molecule has 0 unspecified atom stereocenters. The normalized spacial score (nSPS) is 19.1. The van der Waals surface area contributed by atoms with Crippen LogP contribution in [0.25, 0.3) is 5.78 Å². The lowest BCUT2D eigenvalue weighted by Crippen LogP contribution is -2.11. The molecule has 6 heteroatoms. The second-order valence-electron chi connectivity index (χ2n) is 6.45. The first-order valence-corrected chi connectivity index (χ1v) is 8.97. The van der Waals surface area contributed by atoms with E-state index in [0.29, 0.717) is 24.3 Å². The summed E-state index contributed by atoms with van der Waals surface area (Å²) in [5.41, 5.74) is 2.38. The van der Waals surface area contributed by atoms with Gasteiger partial charge in [0.25, 0.3) is 5.78 Å². The van der Waals surface area contributed by atoms with Crippen molar-refractivity contribution in [2.75, 3.05) is 11.9 Å². The largest absolute Gasteiger partial charge is 0.494 e. The van der Waals surface area contributed by atoms with E-state index in [9.17, 15) is 0 Å². The maximum Gasteiger partial charge on any atom is 0.254 e. The van der Waals surface area contributed by atoms with Crippen molar-refractivity contribution in [3.8, 4) is 5.75 Å². The molecule has 1 aromatic carbocycles. The summed E-state index contributed by atoms with van der Waals surface area (Å²) in [6.45, 7) is 4.86. The average molecular weight is 337 g/mol. The maximum absolute atomic E-state index is 5.62. The van der Waals surface area contributed by atoms with Crippen LogP contribution in [0.5, 0.6) is 5.75 Å². The van der Waals surface area contributed by atoms with Crippen molar-refractivity contribution in [1.82, 2.24) is 19.6 Å². The minimum Gasteiger partial charge on any atom is -0.494 e. The minimum absolute atomic E-state index is 0.404. The summed E-state index contributed by atoms with van der Waals surface area (Å²) in [5, 5.41) is 7.92. The van der Waals surface area contributed by atoms with Gasteiger partial charge in [-0.05, 0) is 37.5 Å². The SMILES string of the molecule is CCCc1cc(N[C@H]2C[C@@H]2c2cccc(OCC)c2)n2ncnc2n1. The molecule has 0 saturated heterocycles. The van der Waals surface area contributed by atoms with Crippen LogP contribution in [0.4, 0.5) is 5.82 Å². The molecule has 0 aliphatic heterocycles. The average Bonchev–Trinajstić information content (AvgIpc) is 3.21. The van der Waals surface area contributed by atoms with Gasteiger partial charge in [0.2, 0.25) is 0 Å². The molecule has 0 spiro atoms. The number of benzene rings is 1. The number of aryl methyl sites for hydroxylation is 1. The Hall–Kier alpha value is -2.63. The van der Waals surface area contributed by atoms with Crippen LogP contribution in [-0.4, -0.2) is 32.2 Å². The highest BCUT2D eigenvalue weighted by Crippen LogP contribution is 2.43. The number of nitrogens with zero attached hydrogens (tertiary/aromatic N) is 4. The van der Waals surface area contributed by atoms with Gasteiger partial charge in [0.15, 0.2) is 0 Å². The lowest BCUT2D eigenvalue weighted by Gasteiger charge is -2.10. The zero-order valence-corrected chi connectivity index (χ0v) is 14.6. The van der Waals surface area contributed by atoms with Crippen molar-refractivity contribution in [2.45, 2.75) is 45.1 Å². The van der Waals surface area contributed by atoms with Gasteiger partial charge in [0.05, 0.1) is 6.61 Å². The summed E-state index contributed by atoms with van der Waals surface area (Å²) < 4.78 is 7.40. The number of rotatable bonds is 7. The second-order valence-corrected chi connectivity index (χ2v) is 6.45. The number of nitrogens with one attached hydrogen (secondary N) is 1. The van der Waals surface area contributed by atoms with Gasteiger partial charge in [-0.1, -0.05) is 25.5 Å². The topological polar surface area (TPSA) is 64.3 Å².